The average Bonchev–Trinajstić information content (AvgIpc) is 2.35. The third-order valence-corrected chi connectivity index (χ3v) is 3.91. The van der Waals surface area contributed by atoms with Crippen molar-refractivity contribution in [3.8, 4) is 0 Å². The van der Waals surface area contributed by atoms with Crippen LogP contribution in [0, 0.1) is 6.92 Å². The molecule has 3 nitrogen and oxygen atoms in total. The van der Waals surface area contributed by atoms with Crippen LogP contribution in [0.1, 0.15) is 37.3 Å². The largest absolute Gasteiger partial charge is 0.386 e. The normalized spacial score (nSPS) is 17.1. The molecule has 1 aromatic rings. The highest BCUT2D eigenvalue weighted by atomic mass is 16.3. The molecule has 1 fully saturated rings. The number of aryl methyl sites for hydroxylation is 2. The minimum Gasteiger partial charge on any atom is -0.386 e. The molecule has 0 atom stereocenters. The van der Waals surface area contributed by atoms with Crippen LogP contribution in [-0.2, 0) is 11.2 Å². The van der Waals surface area contributed by atoms with Gasteiger partial charge >= 0.3 is 0 Å². The summed E-state index contributed by atoms with van der Waals surface area (Å²) in [4.78, 5) is 13.8. The lowest BCUT2D eigenvalue weighted by atomic mass is 9.89. The lowest BCUT2D eigenvalue weighted by Gasteiger charge is -2.46. The van der Waals surface area contributed by atoms with E-state index in [-0.39, 0.29) is 5.91 Å². The monoisotopic (exact) mass is 261 g/mol. The molecule has 1 amide bonds. The predicted octanol–water partition coefficient (Wildman–Crippen LogP) is 2.30. The molecule has 1 heterocycles. The summed E-state index contributed by atoms with van der Waals surface area (Å²) in [7, 11) is 0. The third kappa shape index (κ3) is 3.35. The quantitative estimate of drug-likeness (QED) is 0.883. The van der Waals surface area contributed by atoms with Crippen molar-refractivity contribution in [2.45, 2.75) is 45.1 Å². The van der Waals surface area contributed by atoms with Crippen LogP contribution >= 0.6 is 0 Å². The van der Waals surface area contributed by atoms with Gasteiger partial charge in [-0.3, -0.25) is 4.79 Å². The van der Waals surface area contributed by atoms with Crippen LogP contribution in [0.5, 0.6) is 0 Å². The summed E-state index contributed by atoms with van der Waals surface area (Å²) in [5.74, 6) is 0.157. The van der Waals surface area contributed by atoms with Crippen molar-refractivity contribution in [1.29, 1.82) is 0 Å². The molecule has 1 aliphatic rings. The van der Waals surface area contributed by atoms with Gasteiger partial charge in [-0.15, -0.1) is 0 Å². The lowest BCUT2D eigenvalue weighted by molar-refractivity contribution is -0.156. The summed E-state index contributed by atoms with van der Waals surface area (Å²) >= 11 is 0. The van der Waals surface area contributed by atoms with E-state index in [1.807, 2.05) is 12.1 Å². The molecule has 0 bridgehead atoms. The molecule has 2 rings (SSSR count). The minimum atomic E-state index is -0.618. The fourth-order valence-corrected chi connectivity index (χ4v) is 2.75. The number of amides is 1. The molecule has 1 aromatic carbocycles. The van der Waals surface area contributed by atoms with Gasteiger partial charge in [0.1, 0.15) is 0 Å². The maximum absolute atomic E-state index is 12.0. The van der Waals surface area contributed by atoms with Crippen LogP contribution in [0.2, 0.25) is 0 Å². The summed E-state index contributed by atoms with van der Waals surface area (Å²) < 4.78 is 0. The Labute approximate surface area is 115 Å². The number of likely N-dealkylation sites (tertiary alicyclic amines) is 1. The maximum Gasteiger partial charge on any atom is 0.223 e. The molecule has 0 unspecified atom stereocenters. The summed E-state index contributed by atoms with van der Waals surface area (Å²) in [6.45, 7) is 5.14. The Hall–Kier alpha value is -1.35. The summed E-state index contributed by atoms with van der Waals surface area (Å²) in [6.07, 6.45) is 3.07. The molecule has 0 aromatic heterocycles. The number of hydrogen-bond acceptors (Lipinski definition) is 2. The topological polar surface area (TPSA) is 40.5 Å². The molecule has 19 heavy (non-hydrogen) atoms. The van der Waals surface area contributed by atoms with Crippen molar-refractivity contribution in [2.75, 3.05) is 13.1 Å². The zero-order valence-electron chi connectivity index (χ0n) is 11.9. The number of nitrogens with zero attached hydrogens (tertiary/aromatic N) is 1. The fourth-order valence-electron chi connectivity index (χ4n) is 2.75. The van der Waals surface area contributed by atoms with Crippen LogP contribution in [0.15, 0.2) is 24.3 Å². The molecule has 0 radical (unpaired) electrons. The zero-order chi connectivity index (χ0) is 13.9. The van der Waals surface area contributed by atoms with E-state index in [1.54, 1.807) is 4.90 Å². The van der Waals surface area contributed by atoms with E-state index in [1.165, 1.54) is 11.1 Å². The molecular formula is C16H23NO2. The smallest absolute Gasteiger partial charge is 0.223 e. The van der Waals surface area contributed by atoms with Crippen molar-refractivity contribution < 1.29 is 9.90 Å². The van der Waals surface area contributed by atoms with E-state index in [0.29, 0.717) is 19.5 Å². The molecule has 0 aliphatic carbocycles. The van der Waals surface area contributed by atoms with Gasteiger partial charge in [0.05, 0.1) is 18.7 Å². The van der Waals surface area contributed by atoms with Gasteiger partial charge in [0, 0.05) is 6.42 Å². The van der Waals surface area contributed by atoms with Crippen LogP contribution in [0.3, 0.4) is 0 Å². The van der Waals surface area contributed by atoms with Gasteiger partial charge in [-0.1, -0.05) is 37.6 Å². The number of rotatable bonds is 5. The van der Waals surface area contributed by atoms with E-state index in [0.717, 1.165) is 19.3 Å². The summed E-state index contributed by atoms with van der Waals surface area (Å²) in [5, 5.41) is 10.1. The molecule has 1 saturated heterocycles. The highest BCUT2D eigenvalue weighted by molar-refractivity contribution is 5.77. The second-order valence-electron chi connectivity index (χ2n) is 5.65. The zero-order valence-corrected chi connectivity index (χ0v) is 11.9. The molecule has 104 valence electrons. The van der Waals surface area contributed by atoms with Gasteiger partial charge in [0.15, 0.2) is 0 Å². The Morgan fingerprint density at radius 2 is 2.05 bits per heavy atom. The Morgan fingerprint density at radius 3 is 2.68 bits per heavy atom. The first-order valence-corrected chi connectivity index (χ1v) is 7.09. The Balaban J connectivity index is 1.79. The van der Waals surface area contributed by atoms with Crippen molar-refractivity contribution >= 4 is 5.91 Å². The number of β-amino-alcohol motifs (C(OH)–C–C–N with tert-alkyl or cyclic N) is 1. The SMILES string of the molecule is CCCC1(O)CN(C(=O)CCc2ccccc2C)C1. The van der Waals surface area contributed by atoms with E-state index in [4.69, 9.17) is 0 Å². The summed E-state index contributed by atoms with van der Waals surface area (Å²) in [5.41, 5.74) is 1.86. The second-order valence-corrected chi connectivity index (χ2v) is 5.65. The Bertz CT molecular complexity index is 450. The van der Waals surface area contributed by atoms with Crippen LogP contribution in [0.25, 0.3) is 0 Å². The maximum atomic E-state index is 12.0. The molecule has 3 heteroatoms. The van der Waals surface area contributed by atoms with Gasteiger partial charge in [0.2, 0.25) is 5.91 Å². The van der Waals surface area contributed by atoms with Gasteiger partial charge in [-0.2, -0.15) is 0 Å². The standard InChI is InChI=1S/C16H23NO2/c1-3-10-16(19)11-17(12-16)15(18)9-8-14-7-5-4-6-13(14)2/h4-7,19H,3,8-12H2,1-2H3. The Morgan fingerprint density at radius 1 is 1.37 bits per heavy atom. The third-order valence-electron chi connectivity index (χ3n) is 3.91. The van der Waals surface area contributed by atoms with Crippen LogP contribution in [-0.4, -0.2) is 34.6 Å². The van der Waals surface area contributed by atoms with Gasteiger partial charge in [-0.25, -0.2) is 0 Å². The first kappa shape index (κ1) is 14.1. The number of hydrogen-bond donors (Lipinski definition) is 1. The molecule has 0 saturated carbocycles. The number of aliphatic hydroxyl groups is 1. The summed E-state index contributed by atoms with van der Waals surface area (Å²) in [6, 6.07) is 8.17. The minimum absolute atomic E-state index is 0.157. The molecular weight excluding hydrogens is 238 g/mol. The van der Waals surface area contributed by atoms with Gasteiger partial charge < -0.3 is 10.0 Å². The van der Waals surface area contributed by atoms with E-state index in [2.05, 4.69) is 26.0 Å². The van der Waals surface area contributed by atoms with Gasteiger partial charge in [-0.05, 0) is 30.9 Å². The second kappa shape index (κ2) is 5.74. The number of carbonyl (C=O) groups excluding carboxylic acids is 1. The molecule has 1 aliphatic heterocycles. The van der Waals surface area contributed by atoms with E-state index >= 15 is 0 Å². The van der Waals surface area contributed by atoms with Crippen molar-refractivity contribution in [2.24, 2.45) is 0 Å². The van der Waals surface area contributed by atoms with Crippen molar-refractivity contribution in [3.63, 3.8) is 0 Å². The van der Waals surface area contributed by atoms with Gasteiger partial charge in [0.25, 0.3) is 0 Å². The van der Waals surface area contributed by atoms with E-state index in [9.17, 15) is 9.90 Å². The van der Waals surface area contributed by atoms with E-state index < -0.39 is 5.60 Å². The predicted molar refractivity (Wildman–Crippen MR) is 75.9 cm³/mol. The average molecular weight is 261 g/mol. The van der Waals surface area contributed by atoms with Crippen LogP contribution in [0.4, 0.5) is 0 Å². The first-order valence-electron chi connectivity index (χ1n) is 7.09. The number of benzene rings is 1. The fraction of sp³-hybridized carbons (Fsp3) is 0.562. The molecule has 0 spiro atoms. The Kier molecular flexibility index (Phi) is 4.25. The van der Waals surface area contributed by atoms with Crippen molar-refractivity contribution in [3.05, 3.63) is 35.4 Å². The number of carbonyl (C=O) groups is 1. The highest BCUT2D eigenvalue weighted by Crippen LogP contribution is 2.26. The highest BCUT2D eigenvalue weighted by Gasteiger charge is 2.42. The molecule has 1 N–H and O–H groups in total. The van der Waals surface area contributed by atoms with Crippen molar-refractivity contribution in [1.82, 2.24) is 4.90 Å². The lowest BCUT2D eigenvalue weighted by Crippen LogP contribution is -2.63. The first-order chi connectivity index (χ1) is 9.04. The van der Waals surface area contributed by atoms with Crippen LogP contribution < -0.4 is 0 Å².